The molecular weight excluding hydrogens is 254 g/mol. The van der Waals surface area contributed by atoms with E-state index < -0.39 is 0 Å². The van der Waals surface area contributed by atoms with Crippen molar-refractivity contribution in [1.82, 2.24) is 4.98 Å². The minimum absolute atomic E-state index is 0.781. The Labute approximate surface area is 119 Å². The van der Waals surface area contributed by atoms with Gasteiger partial charge in [0.2, 0.25) is 0 Å². The summed E-state index contributed by atoms with van der Waals surface area (Å²) in [6.45, 7) is 3.02. The fourth-order valence-corrected chi connectivity index (χ4v) is 2.61. The molecule has 2 aromatic rings. The van der Waals surface area contributed by atoms with Crippen molar-refractivity contribution in [3.05, 3.63) is 30.0 Å². The van der Waals surface area contributed by atoms with Crippen LogP contribution in [0.5, 0.6) is 0 Å². The molecule has 1 aromatic heterocycles. The van der Waals surface area contributed by atoms with E-state index in [0.717, 1.165) is 34.5 Å². The summed E-state index contributed by atoms with van der Waals surface area (Å²) in [7, 11) is 0. The molecule has 1 aromatic carbocycles. The topological polar surface area (TPSA) is 50.9 Å². The molecule has 0 spiro atoms. The number of hydrogen-bond donors (Lipinski definition) is 2. The zero-order valence-electron chi connectivity index (χ0n) is 11.6. The van der Waals surface area contributed by atoms with Gasteiger partial charge in [-0.2, -0.15) is 11.8 Å². The number of nitrogens with zero attached hydrogens (tertiary/aromatic N) is 1. The highest BCUT2D eigenvalue weighted by Crippen LogP contribution is 2.25. The van der Waals surface area contributed by atoms with E-state index in [0.29, 0.717) is 0 Å². The van der Waals surface area contributed by atoms with Gasteiger partial charge < -0.3 is 11.1 Å². The molecule has 2 rings (SSSR count). The van der Waals surface area contributed by atoms with Crippen molar-refractivity contribution in [2.24, 2.45) is 0 Å². The first-order valence-corrected chi connectivity index (χ1v) is 8.00. The number of aromatic nitrogens is 1. The van der Waals surface area contributed by atoms with Crippen LogP contribution >= 0.6 is 11.8 Å². The Hall–Kier alpha value is -1.42. The maximum absolute atomic E-state index is 5.87. The molecule has 0 bridgehead atoms. The van der Waals surface area contributed by atoms with Crippen LogP contribution in [0.2, 0.25) is 0 Å². The van der Waals surface area contributed by atoms with Crippen LogP contribution in [-0.4, -0.2) is 23.5 Å². The van der Waals surface area contributed by atoms with Crippen LogP contribution in [0.25, 0.3) is 10.9 Å². The van der Waals surface area contributed by atoms with Crippen LogP contribution in [0.4, 0.5) is 11.4 Å². The van der Waals surface area contributed by atoms with Crippen molar-refractivity contribution < 1.29 is 0 Å². The summed E-state index contributed by atoms with van der Waals surface area (Å²) in [6.07, 6.45) is 4.58. The zero-order valence-corrected chi connectivity index (χ0v) is 12.4. The molecule has 0 amide bonds. The van der Waals surface area contributed by atoms with E-state index in [1.54, 1.807) is 0 Å². The second kappa shape index (κ2) is 6.66. The molecule has 0 aliphatic rings. The smallest absolute Gasteiger partial charge is 0.0727 e. The van der Waals surface area contributed by atoms with E-state index in [1.165, 1.54) is 18.6 Å². The molecule has 0 fully saturated rings. The average molecular weight is 275 g/mol. The van der Waals surface area contributed by atoms with Gasteiger partial charge in [-0.25, -0.2) is 0 Å². The number of anilines is 2. The largest absolute Gasteiger partial charge is 0.399 e. The van der Waals surface area contributed by atoms with Gasteiger partial charge in [0.25, 0.3) is 0 Å². The molecule has 3 N–H and O–H groups in total. The molecule has 0 atom stereocenters. The van der Waals surface area contributed by atoms with Gasteiger partial charge in [-0.1, -0.05) is 0 Å². The highest BCUT2D eigenvalue weighted by atomic mass is 32.2. The Morgan fingerprint density at radius 1 is 1.26 bits per heavy atom. The fraction of sp³-hybridized carbons (Fsp3) is 0.400. The molecule has 19 heavy (non-hydrogen) atoms. The lowest BCUT2D eigenvalue weighted by Crippen LogP contribution is -2.03. The number of nitrogen functional groups attached to an aromatic ring is 1. The maximum atomic E-state index is 5.87. The normalized spacial score (nSPS) is 10.8. The minimum atomic E-state index is 0.781. The van der Waals surface area contributed by atoms with Crippen molar-refractivity contribution in [3.63, 3.8) is 0 Å². The maximum Gasteiger partial charge on any atom is 0.0727 e. The van der Waals surface area contributed by atoms with Crippen LogP contribution in [0.1, 0.15) is 18.5 Å². The number of nitrogens with two attached hydrogens (primary N) is 1. The van der Waals surface area contributed by atoms with E-state index in [4.69, 9.17) is 5.73 Å². The predicted octanol–water partition coefficient (Wildman–Crippen LogP) is 3.68. The summed E-state index contributed by atoms with van der Waals surface area (Å²) in [5.74, 6) is 1.23. The lowest BCUT2D eigenvalue weighted by molar-refractivity contribution is 0.844. The molecule has 102 valence electrons. The molecule has 4 heteroatoms. The van der Waals surface area contributed by atoms with E-state index in [1.807, 2.05) is 36.9 Å². The monoisotopic (exact) mass is 275 g/mol. The Balaban J connectivity index is 2.14. The molecular formula is C15H21N3S. The lowest BCUT2D eigenvalue weighted by Gasteiger charge is -2.11. The summed E-state index contributed by atoms with van der Waals surface area (Å²) < 4.78 is 0. The lowest BCUT2D eigenvalue weighted by atomic mass is 10.1. The third kappa shape index (κ3) is 3.77. The summed E-state index contributed by atoms with van der Waals surface area (Å²) in [4.78, 5) is 4.54. The Morgan fingerprint density at radius 3 is 2.89 bits per heavy atom. The molecule has 0 radical (unpaired) electrons. The van der Waals surface area contributed by atoms with Gasteiger partial charge in [-0.05, 0) is 56.0 Å². The van der Waals surface area contributed by atoms with E-state index in [9.17, 15) is 0 Å². The third-order valence-corrected chi connectivity index (χ3v) is 3.75. The number of benzene rings is 1. The number of unbranched alkanes of at least 4 members (excludes halogenated alkanes) is 1. The highest BCUT2D eigenvalue weighted by molar-refractivity contribution is 7.98. The van der Waals surface area contributed by atoms with Crippen molar-refractivity contribution in [3.8, 4) is 0 Å². The first-order valence-electron chi connectivity index (χ1n) is 6.60. The van der Waals surface area contributed by atoms with Gasteiger partial charge in [0.05, 0.1) is 5.52 Å². The van der Waals surface area contributed by atoms with Gasteiger partial charge in [-0.3, -0.25) is 4.98 Å². The van der Waals surface area contributed by atoms with Crippen molar-refractivity contribution in [2.75, 3.05) is 29.6 Å². The molecule has 0 aliphatic carbocycles. The van der Waals surface area contributed by atoms with Gasteiger partial charge in [0, 0.05) is 29.0 Å². The molecule has 0 unspecified atom stereocenters. The van der Waals surface area contributed by atoms with Gasteiger partial charge >= 0.3 is 0 Å². The quantitative estimate of drug-likeness (QED) is 0.623. The number of rotatable bonds is 6. The van der Waals surface area contributed by atoms with Crippen molar-refractivity contribution in [1.29, 1.82) is 0 Å². The highest BCUT2D eigenvalue weighted by Gasteiger charge is 2.04. The first-order chi connectivity index (χ1) is 9.20. The number of pyridine rings is 1. The van der Waals surface area contributed by atoms with E-state index >= 15 is 0 Å². The molecule has 1 heterocycles. The SMILES string of the molecule is CSCCCCNc1cc(C)nc2ccc(N)cc12. The standard InChI is InChI=1S/C15H21N3S/c1-11-9-15(17-7-3-4-8-19-2)13-10-12(16)5-6-14(13)18-11/h5-6,9-10H,3-4,7-8,16H2,1-2H3,(H,17,18). The Morgan fingerprint density at radius 2 is 2.11 bits per heavy atom. The number of nitrogens with one attached hydrogen (secondary N) is 1. The summed E-state index contributed by atoms with van der Waals surface area (Å²) >= 11 is 1.90. The first kappa shape index (κ1) is 14.0. The minimum Gasteiger partial charge on any atom is -0.399 e. The van der Waals surface area contributed by atoms with Crippen LogP contribution in [0, 0.1) is 6.92 Å². The van der Waals surface area contributed by atoms with Crippen LogP contribution < -0.4 is 11.1 Å². The van der Waals surface area contributed by atoms with Crippen molar-refractivity contribution >= 4 is 34.0 Å². The Kier molecular flexibility index (Phi) is 4.91. The number of fused-ring (bicyclic) bond motifs is 1. The van der Waals surface area contributed by atoms with Crippen LogP contribution in [-0.2, 0) is 0 Å². The summed E-state index contributed by atoms with van der Waals surface area (Å²) in [6, 6.07) is 7.97. The molecule has 3 nitrogen and oxygen atoms in total. The summed E-state index contributed by atoms with van der Waals surface area (Å²) in [5, 5.41) is 4.62. The van der Waals surface area contributed by atoms with Gasteiger partial charge in [-0.15, -0.1) is 0 Å². The third-order valence-electron chi connectivity index (χ3n) is 3.05. The molecule has 0 saturated heterocycles. The van der Waals surface area contributed by atoms with Crippen molar-refractivity contribution in [2.45, 2.75) is 19.8 Å². The zero-order chi connectivity index (χ0) is 13.7. The molecule has 0 saturated carbocycles. The van der Waals surface area contributed by atoms with Gasteiger partial charge in [0.1, 0.15) is 0 Å². The van der Waals surface area contributed by atoms with Gasteiger partial charge in [0.15, 0.2) is 0 Å². The average Bonchev–Trinajstić information content (AvgIpc) is 2.39. The number of hydrogen-bond acceptors (Lipinski definition) is 4. The second-order valence-electron chi connectivity index (χ2n) is 4.71. The number of aryl methyl sites for hydroxylation is 1. The Bertz CT molecular complexity index is 554. The summed E-state index contributed by atoms with van der Waals surface area (Å²) in [5.41, 5.74) is 9.82. The van der Waals surface area contributed by atoms with Crippen LogP contribution in [0.3, 0.4) is 0 Å². The number of thioether (sulfide) groups is 1. The van der Waals surface area contributed by atoms with Crippen LogP contribution in [0.15, 0.2) is 24.3 Å². The van der Waals surface area contributed by atoms with E-state index in [2.05, 4.69) is 22.6 Å². The van der Waals surface area contributed by atoms with E-state index in [-0.39, 0.29) is 0 Å². The fourth-order valence-electron chi connectivity index (χ4n) is 2.12. The predicted molar refractivity (Wildman–Crippen MR) is 87.0 cm³/mol. The molecule has 0 aliphatic heterocycles. The second-order valence-corrected chi connectivity index (χ2v) is 5.70.